The second-order valence-electron chi connectivity index (χ2n) is 15.3. The highest BCUT2D eigenvalue weighted by atomic mass is 79.9. The molecule has 2 atom stereocenters. The minimum atomic E-state index is -0.492. The van der Waals surface area contributed by atoms with Gasteiger partial charge in [-0.1, -0.05) is 115 Å². The lowest BCUT2D eigenvalue weighted by Gasteiger charge is -2.12. The van der Waals surface area contributed by atoms with Crippen LogP contribution in [0.3, 0.4) is 0 Å². The summed E-state index contributed by atoms with van der Waals surface area (Å²) in [5.41, 5.74) is 14.9. The molecule has 0 radical (unpaired) electrons. The van der Waals surface area contributed by atoms with E-state index in [1.165, 1.54) is 68.4 Å². The third kappa shape index (κ3) is 12.6. The van der Waals surface area contributed by atoms with Gasteiger partial charge in [-0.3, -0.25) is 4.79 Å². The zero-order chi connectivity index (χ0) is 47.2. The Kier molecular flexibility index (Phi) is 17.0. The van der Waals surface area contributed by atoms with Crippen molar-refractivity contribution in [2.45, 2.75) is 38.5 Å². The molecule has 0 aliphatic heterocycles. The maximum Gasteiger partial charge on any atom is 0.374 e. The van der Waals surface area contributed by atoms with Gasteiger partial charge in [-0.05, 0) is 118 Å². The van der Waals surface area contributed by atoms with Crippen LogP contribution in [0.4, 0.5) is 8.78 Å². The van der Waals surface area contributed by atoms with Crippen molar-refractivity contribution in [3.8, 4) is 33.4 Å². The largest absolute Gasteiger partial charge is 0.463 e. The van der Waals surface area contributed by atoms with Crippen molar-refractivity contribution in [2.24, 2.45) is 5.73 Å². The first-order chi connectivity index (χ1) is 31.9. The minimum Gasteiger partial charge on any atom is -0.463 e. The molecule has 0 saturated heterocycles. The van der Waals surface area contributed by atoms with Gasteiger partial charge in [0, 0.05) is 21.2 Å². The summed E-state index contributed by atoms with van der Waals surface area (Å²) < 4.78 is 52.0. The summed E-state index contributed by atoms with van der Waals surface area (Å²) in [6.45, 7) is 4.16. The Morgan fingerprint density at radius 3 is 1.20 bits per heavy atom. The highest BCUT2D eigenvalue weighted by molar-refractivity contribution is 9.10. The number of methoxy groups -OCH3 is 2. The van der Waals surface area contributed by atoms with Gasteiger partial charge < -0.3 is 28.5 Å². The highest BCUT2D eigenvalue weighted by Gasteiger charge is 2.19. The van der Waals surface area contributed by atoms with Gasteiger partial charge in [0.05, 0.1) is 39.6 Å². The van der Waals surface area contributed by atoms with Crippen molar-refractivity contribution in [1.29, 1.82) is 0 Å². The standard InChI is InChI=1S/C21H20FNO2.C21H19FO3.C12H9BrO3/c1-14(16-6-8-18(22)9-7-16)12-15-2-4-17(5-3-15)19-10-11-25-21(19)20(24)13-23;1-14(16-7-9-18(22)10-8-16)13-15-3-5-17(6-4-15)19-11-12-25-20(19)21(23)24-2;1-15-12(14)11-10(6-7-16-11)8-2-4-9(13)5-3-8/h2-11,14H,12-13,23H2,1H3;3-12,14H,13H2,1-2H3;2-7H,1H3/t2*14-;/m11./s1. The first kappa shape index (κ1) is 48.3. The van der Waals surface area contributed by atoms with E-state index >= 15 is 0 Å². The number of esters is 2. The fourth-order valence-corrected chi connectivity index (χ4v) is 7.48. The van der Waals surface area contributed by atoms with Crippen molar-refractivity contribution >= 4 is 33.7 Å². The third-order valence-corrected chi connectivity index (χ3v) is 11.4. The number of carbonyl (C=O) groups is 3. The number of ketones is 1. The molecule has 338 valence electrons. The quantitative estimate of drug-likeness (QED) is 0.0885. The van der Waals surface area contributed by atoms with Gasteiger partial charge in [0.15, 0.2) is 5.76 Å². The predicted molar refractivity (Wildman–Crippen MR) is 253 cm³/mol. The van der Waals surface area contributed by atoms with Gasteiger partial charge in [0.1, 0.15) is 11.6 Å². The predicted octanol–water partition coefficient (Wildman–Crippen LogP) is 13.3. The number of Topliss-reactive ketones (excluding diaryl/α,β-unsaturated/α-hetero) is 1. The molecule has 3 heterocycles. The fraction of sp³-hybridized carbons (Fsp3) is 0.167. The Bertz CT molecular complexity index is 2660. The molecule has 66 heavy (non-hydrogen) atoms. The van der Waals surface area contributed by atoms with Crippen LogP contribution in [0.25, 0.3) is 33.4 Å². The molecule has 2 N–H and O–H groups in total. The Morgan fingerprint density at radius 2 is 0.848 bits per heavy atom. The van der Waals surface area contributed by atoms with Crippen molar-refractivity contribution in [1.82, 2.24) is 0 Å². The number of carbonyl (C=O) groups excluding carboxylic acids is 3. The van der Waals surface area contributed by atoms with E-state index in [4.69, 9.17) is 23.7 Å². The monoisotopic (exact) mass is 955 g/mol. The second kappa shape index (κ2) is 23.2. The number of hydrogen-bond donors (Lipinski definition) is 1. The number of furan rings is 3. The molecule has 8 aromatic rings. The van der Waals surface area contributed by atoms with Gasteiger partial charge in [-0.15, -0.1) is 0 Å². The molecule has 9 nitrogen and oxygen atoms in total. The Morgan fingerprint density at radius 1 is 0.515 bits per heavy atom. The average Bonchev–Trinajstić information content (AvgIpc) is 4.15. The molecule has 0 fully saturated rings. The highest BCUT2D eigenvalue weighted by Crippen LogP contribution is 2.30. The first-order valence-electron chi connectivity index (χ1n) is 21.0. The maximum absolute atomic E-state index is 13.0. The summed E-state index contributed by atoms with van der Waals surface area (Å²) in [5, 5.41) is 0. The smallest absolute Gasteiger partial charge is 0.374 e. The van der Waals surface area contributed by atoms with Gasteiger partial charge in [0.2, 0.25) is 17.3 Å². The van der Waals surface area contributed by atoms with Crippen LogP contribution in [-0.2, 0) is 22.3 Å². The summed E-state index contributed by atoms with van der Waals surface area (Å²) in [5.74, 6) is -0.313. The van der Waals surface area contributed by atoms with Crippen molar-refractivity contribution in [2.75, 3.05) is 20.8 Å². The van der Waals surface area contributed by atoms with Crippen molar-refractivity contribution in [3.05, 3.63) is 214 Å². The minimum absolute atomic E-state index is 0.0756. The Hall–Kier alpha value is -7.15. The normalized spacial score (nSPS) is 11.6. The summed E-state index contributed by atoms with van der Waals surface area (Å²) in [6, 6.07) is 42.2. The van der Waals surface area contributed by atoms with Crippen LogP contribution in [0.15, 0.2) is 176 Å². The summed E-state index contributed by atoms with van der Waals surface area (Å²) in [7, 11) is 2.66. The number of halogens is 3. The molecule has 0 aliphatic carbocycles. The number of hydrogen-bond acceptors (Lipinski definition) is 9. The van der Waals surface area contributed by atoms with E-state index in [0.717, 1.165) is 56.3 Å². The molecule has 8 rings (SSSR count). The zero-order valence-corrected chi connectivity index (χ0v) is 38.4. The Balaban J connectivity index is 0.000000168. The van der Waals surface area contributed by atoms with Gasteiger partial charge in [-0.25, -0.2) is 18.4 Å². The van der Waals surface area contributed by atoms with Gasteiger partial charge in [0.25, 0.3) is 0 Å². The Labute approximate surface area is 390 Å². The van der Waals surface area contributed by atoms with Crippen LogP contribution in [0, 0.1) is 11.6 Å². The van der Waals surface area contributed by atoms with Crippen LogP contribution in [0.5, 0.6) is 0 Å². The number of ether oxygens (including phenoxy) is 2. The third-order valence-electron chi connectivity index (χ3n) is 10.8. The number of benzene rings is 5. The van der Waals surface area contributed by atoms with E-state index in [9.17, 15) is 23.2 Å². The van der Waals surface area contributed by atoms with E-state index in [0.29, 0.717) is 11.3 Å². The molecular formula is C54H48BrF2NO8. The molecule has 3 aromatic heterocycles. The number of rotatable bonds is 13. The summed E-state index contributed by atoms with van der Waals surface area (Å²) >= 11 is 3.35. The summed E-state index contributed by atoms with van der Waals surface area (Å²) in [6.07, 6.45) is 6.16. The lowest BCUT2D eigenvalue weighted by Crippen LogP contribution is -2.13. The molecule has 0 aliphatic rings. The molecular weight excluding hydrogens is 908 g/mol. The van der Waals surface area contributed by atoms with Crippen LogP contribution in [0.2, 0.25) is 0 Å². The van der Waals surface area contributed by atoms with Crippen LogP contribution in [-0.4, -0.2) is 38.5 Å². The zero-order valence-electron chi connectivity index (χ0n) is 36.8. The second-order valence-corrected chi connectivity index (χ2v) is 16.2. The van der Waals surface area contributed by atoms with Crippen LogP contribution < -0.4 is 5.73 Å². The molecule has 0 unspecified atom stereocenters. The SMILES string of the molecule is COC(=O)c1occc1-c1ccc(Br)cc1.COC(=O)c1occc1-c1ccc(C[C@@H](C)c2ccc(F)cc2)cc1.C[C@H](Cc1ccc(-c2ccoc2C(=O)CN)cc1)c1ccc(F)cc1. The molecule has 0 amide bonds. The fourth-order valence-electron chi connectivity index (χ4n) is 7.22. The van der Waals surface area contributed by atoms with Crippen molar-refractivity contribution in [3.63, 3.8) is 0 Å². The van der Waals surface area contributed by atoms with E-state index in [1.54, 1.807) is 18.2 Å². The van der Waals surface area contributed by atoms with Crippen LogP contribution in [0.1, 0.15) is 79.6 Å². The van der Waals surface area contributed by atoms with E-state index in [2.05, 4.69) is 34.5 Å². The van der Waals surface area contributed by atoms with Gasteiger partial charge in [-0.2, -0.15) is 0 Å². The molecule has 0 spiro atoms. The average molecular weight is 957 g/mol. The lowest BCUT2D eigenvalue weighted by molar-refractivity contribution is 0.0558. The molecule has 5 aromatic carbocycles. The van der Waals surface area contributed by atoms with Gasteiger partial charge >= 0.3 is 11.9 Å². The van der Waals surface area contributed by atoms with E-state index < -0.39 is 11.9 Å². The van der Waals surface area contributed by atoms with E-state index in [1.807, 2.05) is 97.1 Å². The van der Waals surface area contributed by atoms with Crippen molar-refractivity contribution < 1.29 is 45.9 Å². The van der Waals surface area contributed by atoms with Crippen LogP contribution >= 0.6 is 15.9 Å². The van der Waals surface area contributed by atoms with E-state index in [-0.39, 0.29) is 47.3 Å². The first-order valence-corrected chi connectivity index (χ1v) is 21.8. The molecule has 0 bridgehead atoms. The number of nitrogens with two attached hydrogens (primary N) is 1. The topological polar surface area (TPSA) is 135 Å². The molecule has 12 heteroatoms. The lowest BCUT2D eigenvalue weighted by atomic mass is 9.93. The maximum atomic E-state index is 13.0. The summed E-state index contributed by atoms with van der Waals surface area (Å²) in [4.78, 5) is 34.9. The molecule has 0 saturated carbocycles.